The molecule has 1 aromatic heterocycles. The van der Waals surface area contributed by atoms with E-state index in [1.54, 1.807) is 11.6 Å². The lowest BCUT2D eigenvalue weighted by Gasteiger charge is -2.05. The van der Waals surface area contributed by atoms with Crippen LogP contribution in [-0.2, 0) is 19.9 Å². The molecule has 0 saturated heterocycles. The van der Waals surface area contributed by atoms with Gasteiger partial charge in [-0.05, 0) is 18.9 Å². The average molecular weight is 166 g/mol. The molecule has 1 heterocycles. The molecule has 0 radical (unpaired) electrons. The van der Waals surface area contributed by atoms with E-state index in [4.69, 9.17) is 0 Å². The number of aromatic nitrogens is 2. The van der Waals surface area contributed by atoms with Crippen LogP contribution in [0.1, 0.15) is 25.2 Å². The van der Waals surface area contributed by atoms with Gasteiger partial charge in [-0.1, -0.05) is 13.8 Å². The quantitative estimate of drug-likeness (QED) is 0.654. The summed E-state index contributed by atoms with van der Waals surface area (Å²) in [6.45, 7) is 4.04. The van der Waals surface area contributed by atoms with Crippen LogP contribution in [0.15, 0.2) is 10.9 Å². The molecule has 0 saturated carbocycles. The molecule has 1 rings (SSSR count). The molecule has 3 heteroatoms. The lowest BCUT2D eigenvalue weighted by molar-refractivity contribution is 0.730. The van der Waals surface area contributed by atoms with E-state index in [-0.39, 0.29) is 5.69 Å². The minimum atomic E-state index is -0.147. The second-order valence-corrected chi connectivity index (χ2v) is 2.79. The van der Waals surface area contributed by atoms with Crippen molar-refractivity contribution in [3.8, 4) is 0 Å². The molecule has 0 atom stereocenters. The molecule has 0 N–H and O–H groups in total. The van der Waals surface area contributed by atoms with Gasteiger partial charge >= 0.3 is 5.69 Å². The fourth-order valence-electron chi connectivity index (χ4n) is 1.16. The molecule has 66 valence electrons. The van der Waals surface area contributed by atoms with Crippen molar-refractivity contribution in [2.45, 2.75) is 26.7 Å². The minimum Gasteiger partial charge on any atom is -0.299 e. The molecule has 3 nitrogen and oxygen atoms in total. The zero-order valence-electron chi connectivity index (χ0n) is 7.79. The lowest BCUT2D eigenvalue weighted by Crippen LogP contribution is -2.24. The first-order chi connectivity index (χ1) is 5.69. The molecule has 0 aliphatic heterocycles. The molecule has 1 aromatic rings. The Labute approximate surface area is 72.1 Å². The Kier molecular flexibility index (Phi) is 2.63. The monoisotopic (exact) mass is 166 g/mol. The highest BCUT2D eigenvalue weighted by Crippen LogP contribution is 1.99. The molecule has 0 aliphatic rings. The van der Waals surface area contributed by atoms with Gasteiger partial charge in [-0.2, -0.15) is 4.98 Å². The summed E-state index contributed by atoms with van der Waals surface area (Å²) in [5.74, 6) is 0. The van der Waals surface area contributed by atoms with E-state index >= 15 is 0 Å². The van der Waals surface area contributed by atoms with Crippen LogP contribution in [0.5, 0.6) is 0 Å². The highest BCUT2D eigenvalue weighted by Gasteiger charge is 2.00. The molecule has 0 fully saturated rings. The fraction of sp³-hybridized carbons (Fsp3) is 0.556. The van der Waals surface area contributed by atoms with Crippen molar-refractivity contribution in [2.75, 3.05) is 0 Å². The summed E-state index contributed by atoms with van der Waals surface area (Å²) in [5.41, 5.74) is 1.79. The minimum absolute atomic E-state index is 0.147. The van der Waals surface area contributed by atoms with Crippen LogP contribution in [0, 0.1) is 0 Å². The van der Waals surface area contributed by atoms with E-state index in [1.165, 1.54) is 0 Å². The summed E-state index contributed by atoms with van der Waals surface area (Å²) < 4.78 is 1.60. The Morgan fingerprint density at radius 2 is 2.08 bits per heavy atom. The summed E-state index contributed by atoms with van der Waals surface area (Å²) >= 11 is 0. The van der Waals surface area contributed by atoms with Crippen molar-refractivity contribution >= 4 is 0 Å². The van der Waals surface area contributed by atoms with E-state index in [2.05, 4.69) is 4.98 Å². The van der Waals surface area contributed by atoms with Crippen LogP contribution >= 0.6 is 0 Å². The number of hydrogen-bond donors (Lipinski definition) is 0. The standard InChI is InChI=1S/C9H14N2O/c1-4-7-6-8(5-2)11(3)9(12)10-7/h6H,4-5H2,1-3H3. The lowest BCUT2D eigenvalue weighted by atomic mass is 10.2. The summed E-state index contributed by atoms with van der Waals surface area (Å²) in [7, 11) is 1.76. The van der Waals surface area contributed by atoms with Crippen LogP contribution in [0.3, 0.4) is 0 Å². The topological polar surface area (TPSA) is 34.9 Å². The van der Waals surface area contributed by atoms with Crippen molar-refractivity contribution in [2.24, 2.45) is 7.05 Å². The van der Waals surface area contributed by atoms with Crippen molar-refractivity contribution in [1.29, 1.82) is 0 Å². The maximum atomic E-state index is 11.2. The first kappa shape index (κ1) is 8.97. The predicted octanol–water partition coefficient (Wildman–Crippen LogP) is 0.905. The SMILES string of the molecule is CCc1cc(CC)n(C)c(=O)n1. The Balaban J connectivity index is 3.29. The zero-order chi connectivity index (χ0) is 9.14. The Hall–Kier alpha value is -1.12. The third kappa shape index (κ3) is 1.55. The number of hydrogen-bond acceptors (Lipinski definition) is 2. The van der Waals surface area contributed by atoms with E-state index in [1.807, 2.05) is 19.9 Å². The van der Waals surface area contributed by atoms with Crippen LogP contribution in [-0.4, -0.2) is 9.55 Å². The second-order valence-electron chi connectivity index (χ2n) is 2.79. The molecule has 0 bridgehead atoms. The van der Waals surface area contributed by atoms with E-state index in [9.17, 15) is 4.79 Å². The van der Waals surface area contributed by atoms with Crippen LogP contribution < -0.4 is 5.69 Å². The molecule has 12 heavy (non-hydrogen) atoms. The molecular formula is C9H14N2O. The second kappa shape index (κ2) is 3.52. The fourth-order valence-corrected chi connectivity index (χ4v) is 1.16. The molecule has 0 aliphatic carbocycles. The van der Waals surface area contributed by atoms with Gasteiger partial charge in [-0.25, -0.2) is 4.79 Å². The summed E-state index contributed by atoms with van der Waals surface area (Å²) in [4.78, 5) is 15.1. The van der Waals surface area contributed by atoms with Crippen LogP contribution in [0.2, 0.25) is 0 Å². The third-order valence-electron chi connectivity index (χ3n) is 2.01. The van der Waals surface area contributed by atoms with Gasteiger partial charge in [0.05, 0.1) is 0 Å². The summed E-state index contributed by atoms with van der Waals surface area (Å²) in [5, 5.41) is 0. The van der Waals surface area contributed by atoms with E-state index < -0.39 is 0 Å². The van der Waals surface area contributed by atoms with Crippen molar-refractivity contribution < 1.29 is 0 Å². The normalized spacial score (nSPS) is 10.2. The van der Waals surface area contributed by atoms with E-state index in [0.717, 1.165) is 24.2 Å². The predicted molar refractivity (Wildman–Crippen MR) is 48.2 cm³/mol. The highest BCUT2D eigenvalue weighted by atomic mass is 16.1. The maximum absolute atomic E-state index is 11.2. The van der Waals surface area contributed by atoms with Gasteiger partial charge in [0, 0.05) is 18.4 Å². The van der Waals surface area contributed by atoms with Gasteiger partial charge in [0.15, 0.2) is 0 Å². The van der Waals surface area contributed by atoms with Gasteiger partial charge < -0.3 is 0 Å². The summed E-state index contributed by atoms with van der Waals surface area (Å²) in [6, 6.07) is 1.99. The highest BCUT2D eigenvalue weighted by molar-refractivity contribution is 5.09. The van der Waals surface area contributed by atoms with E-state index in [0.29, 0.717) is 0 Å². The molecule has 0 aromatic carbocycles. The van der Waals surface area contributed by atoms with Crippen molar-refractivity contribution in [3.63, 3.8) is 0 Å². The first-order valence-electron chi connectivity index (χ1n) is 4.24. The van der Waals surface area contributed by atoms with Gasteiger partial charge in [0.25, 0.3) is 0 Å². The average Bonchev–Trinajstić information content (AvgIpc) is 2.09. The van der Waals surface area contributed by atoms with Gasteiger partial charge in [0.2, 0.25) is 0 Å². The zero-order valence-corrected chi connectivity index (χ0v) is 7.79. The molecule has 0 unspecified atom stereocenters. The first-order valence-corrected chi connectivity index (χ1v) is 4.24. The maximum Gasteiger partial charge on any atom is 0.347 e. The number of aryl methyl sites for hydroxylation is 2. The van der Waals surface area contributed by atoms with Crippen molar-refractivity contribution in [1.82, 2.24) is 9.55 Å². The summed E-state index contributed by atoms with van der Waals surface area (Å²) in [6.07, 6.45) is 1.70. The van der Waals surface area contributed by atoms with Crippen molar-refractivity contribution in [3.05, 3.63) is 27.9 Å². The molecule has 0 amide bonds. The third-order valence-corrected chi connectivity index (χ3v) is 2.01. The Morgan fingerprint density at radius 3 is 2.58 bits per heavy atom. The number of rotatable bonds is 2. The van der Waals surface area contributed by atoms with Crippen LogP contribution in [0.4, 0.5) is 0 Å². The largest absolute Gasteiger partial charge is 0.347 e. The molecule has 0 spiro atoms. The van der Waals surface area contributed by atoms with Gasteiger partial charge in [-0.3, -0.25) is 4.57 Å². The smallest absolute Gasteiger partial charge is 0.299 e. The Morgan fingerprint density at radius 1 is 1.42 bits per heavy atom. The number of nitrogens with zero attached hydrogens (tertiary/aromatic N) is 2. The van der Waals surface area contributed by atoms with Crippen LogP contribution in [0.25, 0.3) is 0 Å². The Bertz CT molecular complexity index is 328. The molecular weight excluding hydrogens is 152 g/mol. The van der Waals surface area contributed by atoms with Gasteiger partial charge in [-0.15, -0.1) is 0 Å². The van der Waals surface area contributed by atoms with Gasteiger partial charge in [0.1, 0.15) is 0 Å².